The van der Waals surface area contributed by atoms with Crippen molar-refractivity contribution in [2.24, 2.45) is 5.92 Å². The van der Waals surface area contributed by atoms with Gasteiger partial charge in [0.2, 0.25) is 0 Å². The van der Waals surface area contributed by atoms with Crippen molar-refractivity contribution >= 4 is 10.9 Å². The van der Waals surface area contributed by atoms with Crippen molar-refractivity contribution in [2.45, 2.75) is 32.4 Å². The third kappa shape index (κ3) is 3.32. The van der Waals surface area contributed by atoms with Crippen LogP contribution in [0.1, 0.15) is 31.6 Å². The number of rotatable bonds is 4. The first kappa shape index (κ1) is 16.0. The van der Waals surface area contributed by atoms with Crippen LogP contribution in [-0.2, 0) is 6.54 Å². The SMILES string of the molecule is C[C@H](c1nc2ccccc2c(=O)[nH]1)N1CCC[C@@H](Cn2cncn2)C1. The van der Waals surface area contributed by atoms with Gasteiger partial charge in [-0.2, -0.15) is 5.10 Å². The van der Waals surface area contributed by atoms with Gasteiger partial charge in [0.05, 0.1) is 16.9 Å². The molecule has 0 unspecified atom stereocenters. The monoisotopic (exact) mass is 338 g/mol. The Bertz CT molecular complexity index is 903. The Labute approximate surface area is 145 Å². The highest BCUT2D eigenvalue weighted by molar-refractivity contribution is 5.77. The number of nitrogens with one attached hydrogen (secondary N) is 1. The summed E-state index contributed by atoms with van der Waals surface area (Å²) in [5.74, 6) is 1.27. The van der Waals surface area contributed by atoms with Crippen LogP contribution >= 0.6 is 0 Å². The van der Waals surface area contributed by atoms with E-state index in [1.165, 1.54) is 6.42 Å². The molecule has 0 spiro atoms. The number of H-pyrrole nitrogens is 1. The number of hydrogen-bond acceptors (Lipinski definition) is 5. The molecule has 1 saturated heterocycles. The summed E-state index contributed by atoms with van der Waals surface area (Å²) in [6, 6.07) is 7.56. The number of para-hydroxylation sites is 1. The zero-order chi connectivity index (χ0) is 17.2. The first-order valence-electron chi connectivity index (χ1n) is 8.76. The van der Waals surface area contributed by atoms with Crippen molar-refractivity contribution < 1.29 is 0 Å². The Kier molecular flexibility index (Phi) is 4.31. The molecule has 0 bridgehead atoms. The Morgan fingerprint density at radius 1 is 1.36 bits per heavy atom. The minimum absolute atomic E-state index is 0.0661. The molecule has 0 radical (unpaired) electrons. The maximum Gasteiger partial charge on any atom is 0.258 e. The highest BCUT2D eigenvalue weighted by Crippen LogP contribution is 2.25. The second-order valence-corrected chi connectivity index (χ2v) is 6.77. The minimum atomic E-state index is -0.0661. The zero-order valence-corrected chi connectivity index (χ0v) is 14.3. The number of likely N-dealkylation sites (tertiary alicyclic amines) is 1. The van der Waals surface area contributed by atoms with Gasteiger partial charge in [-0.25, -0.2) is 9.97 Å². The third-order valence-corrected chi connectivity index (χ3v) is 5.04. The molecule has 1 aliphatic rings. The van der Waals surface area contributed by atoms with E-state index in [0.29, 0.717) is 11.3 Å². The number of aromatic nitrogens is 5. The van der Waals surface area contributed by atoms with Gasteiger partial charge in [0, 0.05) is 13.1 Å². The summed E-state index contributed by atoms with van der Waals surface area (Å²) in [5.41, 5.74) is 0.688. The Hall–Kier alpha value is -2.54. The molecule has 1 N–H and O–H groups in total. The molecule has 0 aliphatic carbocycles. The standard InChI is InChI=1S/C18H22N6O/c1-13(17-21-16-7-3-2-6-15(16)18(25)22-17)23-8-4-5-14(9-23)10-24-12-19-11-20-24/h2-3,6-7,11-14H,4-5,8-10H2,1H3,(H,21,22,25)/t13-,14-/m1/s1. The van der Waals surface area contributed by atoms with Crippen LogP contribution in [0.5, 0.6) is 0 Å². The quantitative estimate of drug-likeness (QED) is 0.787. The lowest BCUT2D eigenvalue weighted by Crippen LogP contribution is -2.39. The fraction of sp³-hybridized carbons (Fsp3) is 0.444. The lowest BCUT2D eigenvalue weighted by molar-refractivity contribution is 0.117. The molecule has 1 aliphatic heterocycles. The Morgan fingerprint density at radius 3 is 3.08 bits per heavy atom. The van der Waals surface area contributed by atoms with E-state index >= 15 is 0 Å². The summed E-state index contributed by atoms with van der Waals surface area (Å²) < 4.78 is 1.90. The largest absolute Gasteiger partial charge is 0.309 e. The van der Waals surface area contributed by atoms with Gasteiger partial charge in [-0.15, -0.1) is 0 Å². The van der Waals surface area contributed by atoms with Gasteiger partial charge in [0.15, 0.2) is 0 Å². The summed E-state index contributed by atoms with van der Waals surface area (Å²) >= 11 is 0. The molecule has 2 aromatic heterocycles. The van der Waals surface area contributed by atoms with Crippen molar-refractivity contribution in [1.82, 2.24) is 29.6 Å². The number of benzene rings is 1. The lowest BCUT2D eigenvalue weighted by atomic mass is 9.96. The number of piperidine rings is 1. The molecule has 4 rings (SSSR count). The lowest BCUT2D eigenvalue weighted by Gasteiger charge is -2.36. The first-order valence-corrected chi connectivity index (χ1v) is 8.76. The van der Waals surface area contributed by atoms with Gasteiger partial charge in [0.1, 0.15) is 18.5 Å². The summed E-state index contributed by atoms with van der Waals surface area (Å²) in [6.45, 7) is 4.99. The van der Waals surface area contributed by atoms with E-state index in [0.717, 1.165) is 37.4 Å². The predicted molar refractivity (Wildman–Crippen MR) is 95.1 cm³/mol. The zero-order valence-electron chi connectivity index (χ0n) is 14.3. The Balaban J connectivity index is 1.53. The summed E-state index contributed by atoms with van der Waals surface area (Å²) in [5, 5.41) is 4.85. The van der Waals surface area contributed by atoms with Gasteiger partial charge in [0.25, 0.3) is 5.56 Å². The molecule has 25 heavy (non-hydrogen) atoms. The number of aromatic amines is 1. The topological polar surface area (TPSA) is 79.7 Å². The average Bonchev–Trinajstić information content (AvgIpc) is 3.14. The molecule has 1 aromatic carbocycles. The molecule has 7 nitrogen and oxygen atoms in total. The predicted octanol–water partition coefficient (Wildman–Crippen LogP) is 1.99. The van der Waals surface area contributed by atoms with E-state index in [9.17, 15) is 4.79 Å². The average molecular weight is 338 g/mol. The van der Waals surface area contributed by atoms with E-state index in [1.54, 1.807) is 12.7 Å². The van der Waals surface area contributed by atoms with Gasteiger partial charge < -0.3 is 4.98 Å². The maximum absolute atomic E-state index is 12.3. The highest BCUT2D eigenvalue weighted by Gasteiger charge is 2.26. The fourth-order valence-electron chi connectivity index (χ4n) is 3.66. The summed E-state index contributed by atoms with van der Waals surface area (Å²) in [6.07, 6.45) is 5.67. The van der Waals surface area contributed by atoms with Crippen LogP contribution in [0.25, 0.3) is 10.9 Å². The van der Waals surface area contributed by atoms with Gasteiger partial charge in [-0.05, 0) is 44.4 Å². The normalized spacial score (nSPS) is 20.0. The molecule has 1 fully saturated rings. The van der Waals surface area contributed by atoms with E-state index in [1.807, 2.05) is 28.9 Å². The minimum Gasteiger partial charge on any atom is -0.309 e. The van der Waals surface area contributed by atoms with Crippen LogP contribution in [0.4, 0.5) is 0 Å². The number of hydrogen-bond donors (Lipinski definition) is 1. The van der Waals surface area contributed by atoms with Crippen LogP contribution in [0.3, 0.4) is 0 Å². The molecule has 0 saturated carbocycles. The van der Waals surface area contributed by atoms with Crippen LogP contribution in [0.2, 0.25) is 0 Å². The molecular weight excluding hydrogens is 316 g/mol. The Morgan fingerprint density at radius 2 is 2.24 bits per heavy atom. The van der Waals surface area contributed by atoms with E-state index < -0.39 is 0 Å². The summed E-state index contributed by atoms with van der Waals surface area (Å²) in [4.78, 5) is 26.4. The van der Waals surface area contributed by atoms with Gasteiger partial charge in [-0.1, -0.05) is 12.1 Å². The molecular formula is C18H22N6O. The van der Waals surface area contributed by atoms with Crippen molar-refractivity contribution in [3.8, 4) is 0 Å². The molecule has 130 valence electrons. The smallest absolute Gasteiger partial charge is 0.258 e. The number of fused-ring (bicyclic) bond motifs is 1. The van der Waals surface area contributed by atoms with Crippen molar-refractivity contribution in [1.29, 1.82) is 0 Å². The first-order chi connectivity index (χ1) is 12.2. The summed E-state index contributed by atoms with van der Waals surface area (Å²) in [7, 11) is 0. The van der Waals surface area contributed by atoms with E-state index in [2.05, 4.69) is 31.9 Å². The van der Waals surface area contributed by atoms with Crippen LogP contribution in [0, 0.1) is 5.92 Å². The third-order valence-electron chi connectivity index (χ3n) is 5.04. The van der Waals surface area contributed by atoms with E-state index in [-0.39, 0.29) is 11.6 Å². The number of nitrogens with zero attached hydrogens (tertiary/aromatic N) is 5. The van der Waals surface area contributed by atoms with Gasteiger partial charge >= 0.3 is 0 Å². The molecule has 3 heterocycles. The van der Waals surface area contributed by atoms with Gasteiger partial charge in [-0.3, -0.25) is 14.4 Å². The molecule has 7 heteroatoms. The maximum atomic E-state index is 12.3. The second kappa shape index (κ2) is 6.76. The van der Waals surface area contributed by atoms with E-state index in [4.69, 9.17) is 0 Å². The molecule has 2 atom stereocenters. The fourth-order valence-corrected chi connectivity index (χ4v) is 3.66. The van der Waals surface area contributed by atoms with Crippen molar-refractivity contribution in [3.05, 3.63) is 53.1 Å². The van der Waals surface area contributed by atoms with Crippen molar-refractivity contribution in [3.63, 3.8) is 0 Å². The van der Waals surface area contributed by atoms with Crippen molar-refractivity contribution in [2.75, 3.05) is 13.1 Å². The van der Waals surface area contributed by atoms with Crippen LogP contribution < -0.4 is 5.56 Å². The molecule has 3 aromatic rings. The molecule has 0 amide bonds. The second-order valence-electron chi connectivity index (χ2n) is 6.77. The van der Waals surface area contributed by atoms with Crippen LogP contribution in [-0.4, -0.2) is 42.7 Å². The highest BCUT2D eigenvalue weighted by atomic mass is 16.1. The van der Waals surface area contributed by atoms with Crippen LogP contribution in [0.15, 0.2) is 41.7 Å².